The Morgan fingerprint density at radius 1 is 0.696 bits per heavy atom. The van der Waals surface area contributed by atoms with Gasteiger partial charge in [-0.15, -0.1) is 0 Å². The lowest BCUT2D eigenvalue weighted by molar-refractivity contribution is -0.165. The summed E-state index contributed by atoms with van der Waals surface area (Å²) < 4.78 is 0. The van der Waals surface area contributed by atoms with Crippen LogP contribution in [0.2, 0.25) is 0 Å². The summed E-state index contributed by atoms with van der Waals surface area (Å²) >= 11 is 0. The standard InChI is InChI=1S/C12H11N.C4H6O6/c1-3-7-11(8-4-1)13-12-9-5-2-6-10-12;5-1(3(7)8)2(6)4(9)10/h1-10,13H;1-2,5-6H,(H,7,8)(H,9,10). The first-order chi connectivity index (χ1) is 10.9. The molecule has 0 saturated heterocycles. The van der Waals surface area contributed by atoms with E-state index in [1.54, 1.807) is 0 Å². The van der Waals surface area contributed by atoms with E-state index in [9.17, 15) is 9.59 Å². The van der Waals surface area contributed by atoms with Crippen molar-refractivity contribution in [1.82, 2.24) is 0 Å². The van der Waals surface area contributed by atoms with Gasteiger partial charge in [0.25, 0.3) is 0 Å². The van der Waals surface area contributed by atoms with Crippen LogP contribution in [0.15, 0.2) is 60.7 Å². The summed E-state index contributed by atoms with van der Waals surface area (Å²) in [6, 6.07) is 20.3. The van der Waals surface area contributed by atoms with E-state index in [-0.39, 0.29) is 0 Å². The third kappa shape index (κ3) is 6.60. The van der Waals surface area contributed by atoms with Crippen molar-refractivity contribution < 1.29 is 30.0 Å². The van der Waals surface area contributed by atoms with Gasteiger partial charge in [0.1, 0.15) is 0 Å². The molecule has 0 amide bonds. The molecule has 7 nitrogen and oxygen atoms in total. The van der Waals surface area contributed by atoms with Gasteiger partial charge >= 0.3 is 11.9 Å². The average Bonchev–Trinajstić information content (AvgIpc) is 2.55. The van der Waals surface area contributed by atoms with Gasteiger partial charge in [-0.2, -0.15) is 0 Å². The fraction of sp³-hybridized carbons (Fsp3) is 0.125. The molecular formula is C16H17NO6. The summed E-state index contributed by atoms with van der Waals surface area (Å²) in [6.45, 7) is 0. The second-order valence-corrected chi connectivity index (χ2v) is 4.42. The fourth-order valence-corrected chi connectivity index (χ4v) is 1.48. The topological polar surface area (TPSA) is 127 Å². The zero-order valence-corrected chi connectivity index (χ0v) is 12.0. The number of aliphatic carboxylic acids is 2. The van der Waals surface area contributed by atoms with Crippen LogP contribution in [0, 0.1) is 0 Å². The van der Waals surface area contributed by atoms with E-state index >= 15 is 0 Å². The van der Waals surface area contributed by atoms with Crippen LogP contribution in [0.1, 0.15) is 0 Å². The fourth-order valence-electron chi connectivity index (χ4n) is 1.48. The Morgan fingerprint density at radius 3 is 1.26 bits per heavy atom. The number of rotatable bonds is 5. The van der Waals surface area contributed by atoms with E-state index in [4.69, 9.17) is 20.4 Å². The number of aliphatic hydroxyl groups is 2. The third-order valence-electron chi connectivity index (χ3n) is 2.64. The number of nitrogens with one attached hydrogen (secondary N) is 1. The molecule has 0 heterocycles. The van der Waals surface area contributed by atoms with Gasteiger partial charge in [0.2, 0.25) is 0 Å². The number of carbonyl (C=O) groups is 2. The Kier molecular flexibility index (Phi) is 7.25. The van der Waals surface area contributed by atoms with Crippen LogP contribution in [-0.2, 0) is 9.59 Å². The number of aliphatic hydroxyl groups excluding tert-OH is 2. The monoisotopic (exact) mass is 319 g/mol. The Morgan fingerprint density at radius 2 is 1.00 bits per heavy atom. The van der Waals surface area contributed by atoms with Gasteiger partial charge in [-0.25, -0.2) is 9.59 Å². The van der Waals surface area contributed by atoms with Gasteiger partial charge in [0.15, 0.2) is 12.2 Å². The lowest BCUT2D eigenvalue weighted by Gasteiger charge is -2.07. The summed E-state index contributed by atoms with van der Waals surface area (Å²) in [7, 11) is 0. The van der Waals surface area contributed by atoms with Gasteiger partial charge in [0.05, 0.1) is 0 Å². The molecule has 122 valence electrons. The summed E-state index contributed by atoms with van der Waals surface area (Å²) in [4.78, 5) is 19.5. The number of anilines is 2. The minimum Gasteiger partial charge on any atom is -0.479 e. The second kappa shape index (κ2) is 9.19. The number of hydrogen-bond donors (Lipinski definition) is 5. The molecule has 7 heteroatoms. The maximum Gasteiger partial charge on any atom is 0.335 e. The maximum atomic E-state index is 9.77. The number of carboxylic acid groups (broad SMARTS) is 2. The molecular weight excluding hydrogens is 302 g/mol. The molecule has 23 heavy (non-hydrogen) atoms. The van der Waals surface area contributed by atoms with Crippen molar-refractivity contribution in [3.8, 4) is 0 Å². The number of benzene rings is 2. The molecule has 0 aromatic heterocycles. The zero-order chi connectivity index (χ0) is 17.2. The molecule has 2 aromatic carbocycles. The van der Waals surface area contributed by atoms with Crippen molar-refractivity contribution in [3.63, 3.8) is 0 Å². The van der Waals surface area contributed by atoms with Gasteiger partial charge < -0.3 is 25.7 Å². The lowest BCUT2D eigenvalue weighted by atomic mass is 10.2. The Labute approximate surface area is 132 Å². The maximum absolute atomic E-state index is 9.77. The van der Waals surface area contributed by atoms with Crippen molar-refractivity contribution in [2.45, 2.75) is 12.2 Å². The zero-order valence-electron chi connectivity index (χ0n) is 12.0. The highest BCUT2D eigenvalue weighted by atomic mass is 16.4. The van der Waals surface area contributed by atoms with Gasteiger partial charge in [0, 0.05) is 11.4 Å². The minimum absolute atomic E-state index is 1.12. The quantitative estimate of drug-likeness (QED) is 0.562. The van der Waals surface area contributed by atoms with Gasteiger partial charge in [-0.3, -0.25) is 0 Å². The summed E-state index contributed by atoms with van der Waals surface area (Å²) in [5.74, 6) is -3.54. The third-order valence-corrected chi connectivity index (χ3v) is 2.64. The first-order valence-electron chi connectivity index (χ1n) is 6.60. The first kappa shape index (κ1) is 18.1. The van der Waals surface area contributed by atoms with Gasteiger partial charge in [-0.1, -0.05) is 36.4 Å². The molecule has 2 rings (SSSR count). The average molecular weight is 319 g/mol. The summed E-state index contributed by atoms with van der Waals surface area (Å²) in [5.41, 5.74) is 2.24. The Balaban J connectivity index is 0.000000241. The van der Waals surface area contributed by atoms with Crippen molar-refractivity contribution in [1.29, 1.82) is 0 Å². The highest BCUT2D eigenvalue weighted by molar-refractivity contribution is 5.83. The Bertz CT molecular complexity index is 561. The molecule has 2 unspecified atom stereocenters. The van der Waals surface area contributed by atoms with E-state index in [0.717, 1.165) is 11.4 Å². The van der Waals surface area contributed by atoms with Crippen LogP contribution < -0.4 is 5.32 Å². The van der Waals surface area contributed by atoms with E-state index < -0.39 is 24.1 Å². The van der Waals surface area contributed by atoms with E-state index in [2.05, 4.69) is 5.32 Å². The van der Waals surface area contributed by atoms with Crippen LogP contribution in [0.25, 0.3) is 0 Å². The molecule has 0 radical (unpaired) electrons. The second-order valence-electron chi connectivity index (χ2n) is 4.42. The summed E-state index contributed by atoms with van der Waals surface area (Å²) in [5, 5.41) is 35.8. The van der Waals surface area contributed by atoms with Crippen LogP contribution in [0.3, 0.4) is 0 Å². The largest absolute Gasteiger partial charge is 0.479 e. The van der Waals surface area contributed by atoms with Crippen LogP contribution >= 0.6 is 0 Å². The predicted molar refractivity (Wildman–Crippen MR) is 83.5 cm³/mol. The van der Waals surface area contributed by atoms with Crippen molar-refractivity contribution >= 4 is 23.3 Å². The number of para-hydroxylation sites is 2. The number of hydrogen-bond acceptors (Lipinski definition) is 5. The molecule has 0 aliphatic rings. The molecule has 0 aliphatic carbocycles. The normalized spacial score (nSPS) is 12.3. The highest BCUT2D eigenvalue weighted by Crippen LogP contribution is 2.14. The van der Waals surface area contributed by atoms with E-state index in [1.165, 1.54) is 0 Å². The molecule has 0 fully saturated rings. The number of carboxylic acids is 2. The van der Waals surface area contributed by atoms with Crippen LogP contribution in [0.5, 0.6) is 0 Å². The molecule has 2 atom stereocenters. The molecule has 2 aromatic rings. The van der Waals surface area contributed by atoms with Crippen LogP contribution in [0.4, 0.5) is 11.4 Å². The molecule has 0 saturated carbocycles. The molecule has 0 bridgehead atoms. The SMILES string of the molecule is O=C(O)C(O)C(O)C(=O)O.c1ccc(Nc2ccccc2)cc1. The van der Waals surface area contributed by atoms with Crippen LogP contribution in [-0.4, -0.2) is 44.6 Å². The van der Waals surface area contributed by atoms with E-state index in [0.29, 0.717) is 0 Å². The molecule has 5 N–H and O–H groups in total. The van der Waals surface area contributed by atoms with Gasteiger partial charge in [-0.05, 0) is 24.3 Å². The minimum atomic E-state index is -2.27. The molecule has 0 aliphatic heterocycles. The smallest absolute Gasteiger partial charge is 0.335 e. The predicted octanol–water partition coefficient (Wildman–Crippen LogP) is 1.31. The van der Waals surface area contributed by atoms with E-state index in [1.807, 2.05) is 60.7 Å². The summed E-state index contributed by atoms with van der Waals surface area (Å²) in [6.07, 6.45) is -4.53. The first-order valence-corrected chi connectivity index (χ1v) is 6.60. The Hall–Kier alpha value is -2.90. The van der Waals surface area contributed by atoms with Crippen molar-refractivity contribution in [3.05, 3.63) is 60.7 Å². The highest BCUT2D eigenvalue weighted by Gasteiger charge is 2.29. The molecule has 0 spiro atoms. The van der Waals surface area contributed by atoms with Crippen molar-refractivity contribution in [2.75, 3.05) is 5.32 Å². The van der Waals surface area contributed by atoms with Crippen molar-refractivity contribution in [2.24, 2.45) is 0 Å². The lowest BCUT2D eigenvalue weighted by Crippen LogP contribution is -2.39.